The summed E-state index contributed by atoms with van der Waals surface area (Å²) in [5.41, 5.74) is 3.78. The summed E-state index contributed by atoms with van der Waals surface area (Å²) in [7, 11) is 0. The maximum atomic E-state index is 12.5. The number of aryl methyl sites for hydroxylation is 1. The van der Waals surface area contributed by atoms with Crippen LogP contribution in [0.3, 0.4) is 0 Å². The van der Waals surface area contributed by atoms with Crippen molar-refractivity contribution in [1.29, 1.82) is 0 Å². The van der Waals surface area contributed by atoms with Gasteiger partial charge in [0.1, 0.15) is 12.1 Å². The van der Waals surface area contributed by atoms with Crippen LogP contribution in [0, 0.1) is 0 Å². The number of fused-ring (bicyclic) bond motifs is 1. The van der Waals surface area contributed by atoms with Crippen LogP contribution in [-0.4, -0.2) is 39.4 Å². The van der Waals surface area contributed by atoms with Crippen LogP contribution in [0.4, 0.5) is 5.82 Å². The molecule has 2 aliphatic rings. The van der Waals surface area contributed by atoms with Gasteiger partial charge in [0.2, 0.25) is 5.91 Å². The number of likely N-dealkylation sites (tertiary alicyclic amines) is 1. The Morgan fingerprint density at radius 3 is 2.62 bits per heavy atom. The zero-order chi connectivity index (χ0) is 16.5. The normalized spacial score (nSPS) is 20.5. The molecule has 5 heteroatoms. The molecule has 1 aromatic carbocycles. The number of carbonyl (C=O) groups excluding carboxylic acids is 1. The Kier molecular flexibility index (Phi) is 3.92. The van der Waals surface area contributed by atoms with Crippen molar-refractivity contribution in [3.05, 3.63) is 53.5 Å². The van der Waals surface area contributed by atoms with Crippen LogP contribution in [0.5, 0.6) is 0 Å². The number of anilines is 1. The molecule has 1 amide bonds. The van der Waals surface area contributed by atoms with Crippen molar-refractivity contribution < 1.29 is 4.79 Å². The first-order valence-electron chi connectivity index (χ1n) is 8.66. The fourth-order valence-electron chi connectivity index (χ4n) is 3.82. The predicted molar refractivity (Wildman–Crippen MR) is 92.8 cm³/mol. The van der Waals surface area contributed by atoms with Crippen molar-refractivity contribution in [2.45, 2.75) is 44.7 Å². The molecule has 1 aliphatic heterocycles. The number of hydrogen-bond acceptors (Lipinski definition) is 4. The number of benzene rings is 1. The molecular formula is C19H22N4O. The van der Waals surface area contributed by atoms with Gasteiger partial charge in [-0.3, -0.25) is 4.79 Å². The lowest BCUT2D eigenvalue weighted by atomic mass is 10.1. The maximum absolute atomic E-state index is 12.5. The van der Waals surface area contributed by atoms with E-state index >= 15 is 0 Å². The van der Waals surface area contributed by atoms with E-state index in [1.165, 1.54) is 11.1 Å². The average Bonchev–Trinajstić information content (AvgIpc) is 3.18. The van der Waals surface area contributed by atoms with E-state index in [0.717, 1.165) is 37.3 Å². The molecule has 1 saturated heterocycles. The number of aromatic nitrogens is 2. The molecule has 124 valence electrons. The fourth-order valence-corrected chi connectivity index (χ4v) is 3.82. The van der Waals surface area contributed by atoms with Gasteiger partial charge < -0.3 is 10.2 Å². The standard InChI is InChI=1S/C19H22N4O/c1-2-15-9-18(21-12-20-15)22-16-10-19(24)23(11-16)17-7-13-5-3-4-6-14(13)8-17/h3-6,9,12,16-17H,2,7-8,10-11H2,1H3,(H,20,21,22)/t16-/m1/s1. The quantitative estimate of drug-likeness (QED) is 0.938. The lowest BCUT2D eigenvalue weighted by molar-refractivity contribution is -0.129. The Hall–Kier alpha value is -2.43. The van der Waals surface area contributed by atoms with Crippen LogP contribution in [0.2, 0.25) is 0 Å². The van der Waals surface area contributed by atoms with Crippen LogP contribution < -0.4 is 5.32 Å². The second-order valence-electron chi connectivity index (χ2n) is 6.67. The van der Waals surface area contributed by atoms with Gasteiger partial charge in [-0.1, -0.05) is 31.2 Å². The maximum Gasteiger partial charge on any atom is 0.225 e. The molecule has 4 rings (SSSR count). The zero-order valence-electron chi connectivity index (χ0n) is 13.9. The van der Waals surface area contributed by atoms with Crippen molar-refractivity contribution in [2.75, 3.05) is 11.9 Å². The Morgan fingerprint density at radius 1 is 1.17 bits per heavy atom. The first kappa shape index (κ1) is 15.1. The minimum atomic E-state index is 0.126. The minimum Gasteiger partial charge on any atom is -0.365 e. The van der Waals surface area contributed by atoms with Crippen LogP contribution in [0.15, 0.2) is 36.7 Å². The third-order valence-corrected chi connectivity index (χ3v) is 5.07. The van der Waals surface area contributed by atoms with E-state index in [0.29, 0.717) is 12.5 Å². The van der Waals surface area contributed by atoms with Crippen LogP contribution in [0.1, 0.15) is 30.2 Å². The number of amides is 1. The highest BCUT2D eigenvalue weighted by molar-refractivity contribution is 5.80. The van der Waals surface area contributed by atoms with Gasteiger partial charge in [-0.2, -0.15) is 0 Å². The van der Waals surface area contributed by atoms with Crippen molar-refractivity contribution in [3.8, 4) is 0 Å². The van der Waals surface area contributed by atoms with Crippen LogP contribution in [-0.2, 0) is 24.1 Å². The monoisotopic (exact) mass is 322 g/mol. The molecule has 1 fully saturated rings. The van der Waals surface area contributed by atoms with Gasteiger partial charge in [-0.05, 0) is 30.4 Å². The molecule has 1 N–H and O–H groups in total. The summed E-state index contributed by atoms with van der Waals surface area (Å²) >= 11 is 0. The second kappa shape index (κ2) is 6.23. The van der Waals surface area contributed by atoms with Crippen LogP contribution >= 0.6 is 0 Å². The minimum absolute atomic E-state index is 0.126. The lowest BCUT2D eigenvalue weighted by Crippen LogP contribution is -2.38. The van der Waals surface area contributed by atoms with E-state index in [1.807, 2.05) is 6.07 Å². The van der Waals surface area contributed by atoms with E-state index in [-0.39, 0.29) is 11.9 Å². The Morgan fingerprint density at radius 2 is 1.92 bits per heavy atom. The molecule has 2 heterocycles. The summed E-state index contributed by atoms with van der Waals surface area (Å²) < 4.78 is 0. The van der Waals surface area contributed by atoms with E-state index < -0.39 is 0 Å². The third-order valence-electron chi connectivity index (χ3n) is 5.07. The number of rotatable bonds is 4. The highest BCUT2D eigenvalue weighted by atomic mass is 16.2. The molecule has 2 aromatic rings. The first-order chi connectivity index (χ1) is 11.7. The fraction of sp³-hybridized carbons (Fsp3) is 0.421. The zero-order valence-corrected chi connectivity index (χ0v) is 13.9. The van der Waals surface area contributed by atoms with Gasteiger partial charge in [0.15, 0.2) is 0 Å². The third kappa shape index (κ3) is 2.86. The molecule has 5 nitrogen and oxygen atoms in total. The molecule has 0 unspecified atom stereocenters. The lowest BCUT2D eigenvalue weighted by Gasteiger charge is -2.24. The molecule has 0 spiro atoms. The van der Waals surface area contributed by atoms with Crippen molar-refractivity contribution in [3.63, 3.8) is 0 Å². The van der Waals surface area contributed by atoms with Gasteiger partial charge in [-0.15, -0.1) is 0 Å². The van der Waals surface area contributed by atoms with Gasteiger partial charge in [0, 0.05) is 30.8 Å². The summed E-state index contributed by atoms with van der Waals surface area (Å²) in [6, 6.07) is 10.9. The molecular weight excluding hydrogens is 300 g/mol. The molecule has 0 bridgehead atoms. The van der Waals surface area contributed by atoms with Crippen molar-refractivity contribution >= 4 is 11.7 Å². The summed E-state index contributed by atoms with van der Waals surface area (Å²) in [4.78, 5) is 23.0. The summed E-state index contributed by atoms with van der Waals surface area (Å²) in [5.74, 6) is 1.06. The average molecular weight is 322 g/mol. The molecule has 0 radical (unpaired) electrons. The number of hydrogen-bond donors (Lipinski definition) is 1. The second-order valence-corrected chi connectivity index (χ2v) is 6.67. The van der Waals surface area contributed by atoms with E-state index in [2.05, 4.69) is 51.4 Å². The van der Waals surface area contributed by atoms with Crippen molar-refractivity contribution in [2.24, 2.45) is 0 Å². The van der Waals surface area contributed by atoms with Gasteiger partial charge >= 0.3 is 0 Å². The van der Waals surface area contributed by atoms with Gasteiger partial charge in [0.05, 0.1) is 6.04 Å². The summed E-state index contributed by atoms with van der Waals surface area (Å²) in [6.45, 7) is 2.83. The van der Waals surface area contributed by atoms with E-state index in [1.54, 1.807) is 6.33 Å². The highest BCUT2D eigenvalue weighted by Crippen LogP contribution is 2.28. The molecule has 1 aromatic heterocycles. The topological polar surface area (TPSA) is 58.1 Å². The Balaban J connectivity index is 1.42. The Labute approximate surface area is 142 Å². The number of nitrogens with one attached hydrogen (secondary N) is 1. The molecule has 1 atom stereocenters. The first-order valence-corrected chi connectivity index (χ1v) is 8.66. The van der Waals surface area contributed by atoms with E-state index in [9.17, 15) is 4.79 Å². The molecule has 1 aliphatic carbocycles. The smallest absolute Gasteiger partial charge is 0.225 e. The highest BCUT2D eigenvalue weighted by Gasteiger charge is 2.37. The summed E-state index contributed by atoms with van der Waals surface area (Å²) in [6.07, 6.45) is 4.96. The number of carbonyl (C=O) groups is 1. The van der Waals surface area contributed by atoms with Gasteiger partial charge in [-0.25, -0.2) is 9.97 Å². The van der Waals surface area contributed by atoms with Gasteiger partial charge in [0.25, 0.3) is 0 Å². The number of nitrogens with zero attached hydrogens (tertiary/aromatic N) is 3. The Bertz CT molecular complexity index is 736. The SMILES string of the molecule is CCc1cc(N[C@@H]2CC(=O)N(C3Cc4ccccc4C3)C2)ncn1. The molecule has 24 heavy (non-hydrogen) atoms. The van der Waals surface area contributed by atoms with E-state index in [4.69, 9.17) is 0 Å². The predicted octanol–water partition coefficient (Wildman–Crippen LogP) is 2.22. The summed E-state index contributed by atoms with van der Waals surface area (Å²) in [5, 5.41) is 3.41. The van der Waals surface area contributed by atoms with Crippen LogP contribution in [0.25, 0.3) is 0 Å². The van der Waals surface area contributed by atoms with Crippen molar-refractivity contribution in [1.82, 2.24) is 14.9 Å². The largest absolute Gasteiger partial charge is 0.365 e. The molecule has 0 saturated carbocycles.